The van der Waals surface area contributed by atoms with Crippen molar-refractivity contribution in [3.8, 4) is 34.5 Å². The van der Waals surface area contributed by atoms with E-state index < -0.39 is 6.03 Å². The van der Waals surface area contributed by atoms with Gasteiger partial charge in [0.1, 0.15) is 29.4 Å². The molecule has 0 aliphatic heterocycles. The van der Waals surface area contributed by atoms with Crippen molar-refractivity contribution >= 4 is 39.8 Å². The summed E-state index contributed by atoms with van der Waals surface area (Å²) in [5, 5.41) is 7.55. The Morgan fingerprint density at radius 1 is 0.850 bits per heavy atom. The van der Waals surface area contributed by atoms with Crippen LogP contribution in [0.25, 0.3) is 22.2 Å². The average Bonchev–Trinajstić information content (AvgIpc) is 2.99. The molecule has 0 unspecified atom stereocenters. The van der Waals surface area contributed by atoms with E-state index >= 15 is 0 Å². The standard InChI is InChI=1S/C29H25ClN6O4/c1-4-26-32-16-33-27(36-26)19-10-7-13-31-28(19)40-23-12-11-21(17-8-5-6-9-18(17)23)34-29(37)35-22-14-20(30)24(38-2)15-25(22)39-3/h5-16H,4H2,1-3H3,(H2,34,35,37). The Balaban J connectivity index is 1.43. The number of aryl methyl sites for hydroxylation is 1. The lowest BCUT2D eigenvalue weighted by Gasteiger charge is -2.16. The predicted molar refractivity (Wildman–Crippen MR) is 154 cm³/mol. The highest BCUT2D eigenvalue weighted by molar-refractivity contribution is 6.32. The van der Waals surface area contributed by atoms with Gasteiger partial charge in [0.05, 0.1) is 36.2 Å². The second-order valence-corrected chi connectivity index (χ2v) is 8.87. The summed E-state index contributed by atoms with van der Waals surface area (Å²) in [5.74, 6) is 2.89. The largest absolute Gasteiger partial charge is 0.495 e. The van der Waals surface area contributed by atoms with Crippen LogP contribution in [-0.4, -0.2) is 40.2 Å². The molecule has 2 heterocycles. The predicted octanol–water partition coefficient (Wildman–Crippen LogP) is 6.76. The molecule has 10 nitrogen and oxygen atoms in total. The van der Waals surface area contributed by atoms with Gasteiger partial charge in [0.15, 0.2) is 5.82 Å². The number of rotatable bonds is 8. The maximum Gasteiger partial charge on any atom is 0.323 e. The number of carbonyl (C=O) groups excluding carboxylic acids is 1. The third kappa shape index (κ3) is 5.57. The Morgan fingerprint density at radius 3 is 2.40 bits per heavy atom. The van der Waals surface area contributed by atoms with E-state index in [-0.39, 0.29) is 0 Å². The highest BCUT2D eigenvalue weighted by Gasteiger charge is 2.17. The molecule has 0 fully saturated rings. The van der Waals surface area contributed by atoms with Crippen LogP contribution in [0, 0.1) is 0 Å². The van der Waals surface area contributed by atoms with Gasteiger partial charge in [0, 0.05) is 29.5 Å². The van der Waals surface area contributed by atoms with Crippen molar-refractivity contribution in [2.24, 2.45) is 0 Å². The van der Waals surface area contributed by atoms with Gasteiger partial charge in [-0.15, -0.1) is 0 Å². The molecule has 202 valence electrons. The second kappa shape index (κ2) is 11.8. The molecule has 3 aromatic carbocycles. The minimum Gasteiger partial charge on any atom is -0.495 e. The van der Waals surface area contributed by atoms with Crippen molar-refractivity contribution in [1.82, 2.24) is 19.9 Å². The molecule has 5 rings (SSSR count). The number of pyridine rings is 1. The Bertz CT molecular complexity index is 1700. The molecule has 11 heteroatoms. The summed E-state index contributed by atoms with van der Waals surface area (Å²) in [4.78, 5) is 30.4. The van der Waals surface area contributed by atoms with Crippen LogP contribution in [-0.2, 0) is 6.42 Å². The molecule has 0 atom stereocenters. The highest BCUT2D eigenvalue weighted by Crippen LogP contribution is 2.38. The number of anilines is 2. The molecule has 2 aromatic heterocycles. The van der Waals surface area contributed by atoms with Crippen LogP contribution in [0.5, 0.6) is 23.1 Å². The van der Waals surface area contributed by atoms with Crippen LogP contribution in [0.2, 0.25) is 5.02 Å². The van der Waals surface area contributed by atoms with Crippen LogP contribution in [0.15, 0.2) is 73.2 Å². The van der Waals surface area contributed by atoms with Crippen molar-refractivity contribution in [2.45, 2.75) is 13.3 Å². The number of hydrogen-bond donors (Lipinski definition) is 2. The van der Waals surface area contributed by atoms with Crippen molar-refractivity contribution in [3.63, 3.8) is 0 Å². The van der Waals surface area contributed by atoms with Gasteiger partial charge in [-0.1, -0.05) is 42.8 Å². The number of aromatic nitrogens is 4. The smallest absolute Gasteiger partial charge is 0.323 e. The quantitative estimate of drug-likeness (QED) is 0.215. The lowest BCUT2D eigenvalue weighted by Crippen LogP contribution is -2.20. The molecule has 2 amide bonds. The first-order valence-electron chi connectivity index (χ1n) is 12.3. The zero-order valence-corrected chi connectivity index (χ0v) is 22.7. The van der Waals surface area contributed by atoms with E-state index in [1.807, 2.05) is 37.3 Å². The summed E-state index contributed by atoms with van der Waals surface area (Å²) in [6.07, 6.45) is 3.80. The maximum absolute atomic E-state index is 13.0. The van der Waals surface area contributed by atoms with E-state index in [9.17, 15) is 4.79 Å². The van der Waals surface area contributed by atoms with Gasteiger partial charge >= 0.3 is 6.03 Å². The molecule has 2 N–H and O–H groups in total. The third-order valence-electron chi connectivity index (χ3n) is 6.01. The minimum absolute atomic E-state index is 0.336. The van der Waals surface area contributed by atoms with Crippen LogP contribution in [0.1, 0.15) is 12.7 Å². The molecule has 0 aliphatic carbocycles. The molecule has 0 aliphatic rings. The van der Waals surface area contributed by atoms with Crippen molar-refractivity contribution in [2.75, 3.05) is 24.9 Å². The Labute approximate surface area is 235 Å². The monoisotopic (exact) mass is 556 g/mol. The molecule has 0 saturated carbocycles. The van der Waals surface area contributed by atoms with Crippen LogP contribution < -0.4 is 24.8 Å². The van der Waals surface area contributed by atoms with Crippen LogP contribution in [0.3, 0.4) is 0 Å². The molecule has 0 radical (unpaired) electrons. The van der Waals surface area contributed by atoms with Crippen LogP contribution >= 0.6 is 11.6 Å². The van der Waals surface area contributed by atoms with Gasteiger partial charge in [0.2, 0.25) is 5.88 Å². The van der Waals surface area contributed by atoms with E-state index in [4.69, 9.17) is 25.8 Å². The number of ether oxygens (including phenoxy) is 3. The lowest BCUT2D eigenvalue weighted by atomic mass is 10.1. The SMILES string of the molecule is CCc1ncnc(-c2cccnc2Oc2ccc(NC(=O)Nc3cc(Cl)c(OC)cc3OC)c3ccccc23)n1. The zero-order chi connectivity index (χ0) is 28.1. The molecule has 5 aromatic rings. The van der Waals surface area contributed by atoms with E-state index in [1.54, 1.807) is 36.5 Å². The molecule has 40 heavy (non-hydrogen) atoms. The fourth-order valence-electron chi connectivity index (χ4n) is 4.08. The first kappa shape index (κ1) is 26.6. The van der Waals surface area contributed by atoms with Crippen molar-refractivity contribution in [3.05, 3.63) is 84.0 Å². The number of fused-ring (bicyclic) bond motifs is 1. The number of benzene rings is 3. The first-order chi connectivity index (χ1) is 19.5. The minimum atomic E-state index is -0.480. The number of nitrogens with one attached hydrogen (secondary N) is 2. The summed E-state index contributed by atoms with van der Waals surface area (Å²) in [6, 6.07) is 17.4. The maximum atomic E-state index is 13.0. The second-order valence-electron chi connectivity index (χ2n) is 8.46. The summed E-state index contributed by atoms with van der Waals surface area (Å²) in [5.41, 5.74) is 1.60. The normalized spacial score (nSPS) is 10.7. The highest BCUT2D eigenvalue weighted by atomic mass is 35.5. The number of carbonyl (C=O) groups is 1. The van der Waals surface area contributed by atoms with Gasteiger partial charge in [-0.05, 0) is 30.3 Å². The molecule has 0 bridgehead atoms. The van der Waals surface area contributed by atoms with Crippen LogP contribution in [0.4, 0.5) is 16.2 Å². The Morgan fingerprint density at radius 2 is 1.62 bits per heavy atom. The Hall–Kier alpha value is -4.96. The fraction of sp³-hybridized carbons (Fsp3) is 0.138. The Kier molecular flexibility index (Phi) is 7.88. The van der Waals surface area contributed by atoms with Crippen molar-refractivity contribution in [1.29, 1.82) is 0 Å². The van der Waals surface area contributed by atoms with Gasteiger partial charge in [-0.2, -0.15) is 0 Å². The number of hydrogen-bond acceptors (Lipinski definition) is 8. The van der Waals surface area contributed by atoms with Gasteiger partial charge in [-0.25, -0.2) is 24.7 Å². The summed E-state index contributed by atoms with van der Waals surface area (Å²) >= 11 is 6.25. The molecule has 0 saturated heterocycles. The third-order valence-corrected chi connectivity index (χ3v) is 6.31. The summed E-state index contributed by atoms with van der Waals surface area (Å²) in [7, 11) is 3.00. The number of halogens is 1. The number of urea groups is 1. The molecular formula is C29H25ClN6O4. The van der Waals surface area contributed by atoms with E-state index in [1.165, 1.54) is 20.5 Å². The van der Waals surface area contributed by atoms with E-state index in [0.717, 1.165) is 10.8 Å². The topological polar surface area (TPSA) is 120 Å². The fourth-order valence-corrected chi connectivity index (χ4v) is 4.32. The van der Waals surface area contributed by atoms with Gasteiger partial charge in [-0.3, -0.25) is 0 Å². The summed E-state index contributed by atoms with van der Waals surface area (Å²) in [6.45, 7) is 1.98. The number of nitrogens with zero attached hydrogens (tertiary/aromatic N) is 4. The lowest BCUT2D eigenvalue weighted by molar-refractivity contribution is 0.262. The molecule has 0 spiro atoms. The van der Waals surface area contributed by atoms with Gasteiger partial charge in [0.25, 0.3) is 0 Å². The van der Waals surface area contributed by atoms with E-state index in [2.05, 4.69) is 30.6 Å². The number of amides is 2. The number of methoxy groups -OCH3 is 2. The first-order valence-corrected chi connectivity index (χ1v) is 12.7. The zero-order valence-electron chi connectivity index (χ0n) is 21.9. The summed E-state index contributed by atoms with van der Waals surface area (Å²) < 4.78 is 16.9. The molecular weight excluding hydrogens is 532 g/mol. The van der Waals surface area contributed by atoms with Crippen molar-refractivity contribution < 1.29 is 19.0 Å². The van der Waals surface area contributed by atoms with E-state index in [0.29, 0.717) is 63.2 Å². The average molecular weight is 557 g/mol. The van der Waals surface area contributed by atoms with Gasteiger partial charge < -0.3 is 24.8 Å².